The number of aliphatic imine (C=N–C) groups is 1. The highest BCUT2D eigenvalue weighted by molar-refractivity contribution is 6.31. The fraction of sp³-hybridized carbons (Fsp3) is 0.211. The maximum absolute atomic E-state index is 10.1. The molecule has 0 saturated carbocycles. The molecule has 3 aromatic rings. The number of H-pyrrole nitrogens is 1. The fourth-order valence-electron chi connectivity index (χ4n) is 3.01. The highest BCUT2D eigenvalue weighted by Gasteiger charge is 2.11. The summed E-state index contributed by atoms with van der Waals surface area (Å²) in [6, 6.07) is 13.5. The first-order valence-corrected chi connectivity index (χ1v) is 8.55. The smallest absolute Gasteiger partial charge is 0.198 e. The van der Waals surface area contributed by atoms with E-state index in [0.717, 1.165) is 42.9 Å². The van der Waals surface area contributed by atoms with Crippen LogP contribution in [-0.2, 0) is 4.74 Å². The van der Waals surface area contributed by atoms with Gasteiger partial charge in [0.25, 0.3) is 0 Å². The third-order valence-corrected chi connectivity index (χ3v) is 4.58. The minimum absolute atomic E-state index is 0.0888. The molecule has 1 aliphatic heterocycles. The maximum atomic E-state index is 10.1. The van der Waals surface area contributed by atoms with Crippen LogP contribution in [0.3, 0.4) is 0 Å². The molecule has 0 atom stereocenters. The molecule has 25 heavy (non-hydrogen) atoms. The predicted molar refractivity (Wildman–Crippen MR) is 102 cm³/mol. The van der Waals surface area contributed by atoms with Crippen LogP contribution in [0.4, 0.5) is 11.4 Å². The molecule has 1 fully saturated rings. The lowest BCUT2D eigenvalue weighted by molar-refractivity contribution is 0.122. The lowest BCUT2D eigenvalue weighted by Crippen LogP contribution is -2.36. The summed E-state index contributed by atoms with van der Waals surface area (Å²) >= 11 is 6.05. The third kappa shape index (κ3) is 3.34. The largest absolute Gasteiger partial charge is 0.494 e. The molecule has 5 nitrogen and oxygen atoms in total. The van der Waals surface area contributed by atoms with E-state index >= 15 is 0 Å². The Kier molecular flexibility index (Phi) is 4.34. The number of hydrogen-bond acceptors (Lipinski definition) is 4. The van der Waals surface area contributed by atoms with Gasteiger partial charge in [-0.3, -0.25) is 4.99 Å². The normalized spacial score (nSPS) is 15.3. The van der Waals surface area contributed by atoms with Crippen LogP contribution in [0.1, 0.15) is 5.56 Å². The number of aromatic hydroxyl groups is 1. The van der Waals surface area contributed by atoms with Gasteiger partial charge in [0, 0.05) is 40.9 Å². The summed E-state index contributed by atoms with van der Waals surface area (Å²) in [6.07, 6.45) is 1.66. The fourth-order valence-corrected chi connectivity index (χ4v) is 3.18. The van der Waals surface area contributed by atoms with Crippen LogP contribution in [0.2, 0.25) is 5.02 Å². The minimum Gasteiger partial charge on any atom is -0.494 e. The van der Waals surface area contributed by atoms with E-state index in [1.165, 1.54) is 5.69 Å². The van der Waals surface area contributed by atoms with E-state index in [1.54, 1.807) is 12.3 Å². The van der Waals surface area contributed by atoms with E-state index in [0.29, 0.717) is 10.6 Å². The molecule has 1 saturated heterocycles. The number of anilines is 1. The number of halogens is 1. The van der Waals surface area contributed by atoms with E-state index < -0.39 is 0 Å². The minimum atomic E-state index is 0.0888. The van der Waals surface area contributed by atoms with E-state index in [-0.39, 0.29) is 5.88 Å². The summed E-state index contributed by atoms with van der Waals surface area (Å²) in [6.45, 7) is 3.35. The number of aromatic amines is 1. The monoisotopic (exact) mass is 355 g/mol. The van der Waals surface area contributed by atoms with Gasteiger partial charge in [-0.1, -0.05) is 11.6 Å². The van der Waals surface area contributed by atoms with Crippen molar-refractivity contribution >= 4 is 40.1 Å². The molecule has 6 heteroatoms. The van der Waals surface area contributed by atoms with Crippen molar-refractivity contribution in [3.8, 4) is 5.88 Å². The third-order valence-electron chi connectivity index (χ3n) is 4.35. The van der Waals surface area contributed by atoms with Crippen molar-refractivity contribution in [2.45, 2.75) is 0 Å². The van der Waals surface area contributed by atoms with E-state index in [1.807, 2.05) is 24.3 Å². The number of benzene rings is 2. The van der Waals surface area contributed by atoms with E-state index in [4.69, 9.17) is 16.3 Å². The van der Waals surface area contributed by atoms with Crippen LogP contribution in [0.15, 0.2) is 47.5 Å². The van der Waals surface area contributed by atoms with Crippen molar-refractivity contribution in [3.05, 3.63) is 53.1 Å². The second kappa shape index (κ2) is 6.78. The second-order valence-electron chi connectivity index (χ2n) is 5.95. The van der Waals surface area contributed by atoms with Crippen LogP contribution < -0.4 is 4.90 Å². The molecule has 1 aromatic heterocycles. The molecule has 0 unspecified atom stereocenters. The zero-order valence-electron chi connectivity index (χ0n) is 13.6. The van der Waals surface area contributed by atoms with Crippen molar-refractivity contribution in [2.24, 2.45) is 4.99 Å². The average molecular weight is 356 g/mol. The molecular formula is C19H18ClN3O2. The van der Waals surface area contributed by atoms with E-state index in [9.17, 15) is 5.11 Å². The first-order valence-electron chi connectivity index (χ1n) is 8.18. The van der Waals surface area contributed by atoms with Crippen molar-refractivity contribution < 1.29 is 9.84 Å². The average Bonchev–Trinajstić information content (AvgIpc) is 2.96. The Morgan fingerprint density at radius 1 is 1.12 bits per heavy atom. The van der Waals surface area contributed by atoms with Crippen LogP contribution >= 0.6 is 11.6 Å². The number of nitrogens with one attached hydrogen (secondary N) is 1. The van der Waals surface area contributed by atoms with Crippen LogP contribution in [-0.4, -0.2) is 42.6 Å². The Morgan fingerprint density at radius 3 is 2.64 bits per heavy atom. The molecule has 2 heterocycles. The lowest BCUT2D eigenvalue weighted by Gasteiger charge is -2.28. The van der Waals surface area contributed by atoms with Gasteiger partial charge in [0.2, 0.25) is 0 Å². The highest BCUT2D eigenvalue weighted by atomic mass is 35.5. The lowest BCUT2D eigenvalue weighted by atomic mass is 10.2. The predicted octanol–water partition coefficient (Wildman–Crippen LogP) is 4.11. The number of hydrogen-bond donors (Lipinski definition) is 2. The molecule has 1 aliphatic rings. The SMILES string of the molecule is Oc1[nH]c2ccc(Cl)cc2c1C=Nc1ccc(N2CCOCC2)cc1. The van der Waals surface area contributed by atoms with Crippen molar-refractivity contribution in [1.29, 1.82) is 0 Å². The van der Waals surface area contributed by atoms with Crippen molar-refractivity contribution in [1.82, 2.24) is 4.98 Å². The molecule has 128 valence electrons. The molecule has 2 aromatic carbocycles. The molecular weight excluding hydrogens is 338 g/mol. The highest BCUT2D eigenvalue weighted by Crippen LogP contribution is 2.29. The molecule has 0 aliphatic carbocycles. The first-order chi connectivity index (χ1) is 12.2. The van der Waals surface area contributed by atoms with Gasteiger partial charge in [-0.05, 0) is 42.5 Å². The number of morpholine rings is 1. The summed E-state index contributed by atoms with van der Waals surface area (Å²) in [5.74, 6) is 0.0888. The number of fused-ring (bicyclic) bond motifs is 1. The van der Waals surface area contributed by atoms with Gasteiger partial charge in [-0.25, -0.2) is 0 Å². The molecule has 0 amide bonds. The Hall–Kier alpha value is -2.50. The van der Waals surface area contributed by atoms with Gasteiger partial charge in [0.1, 0.15) is 0 Å². The van der Waals surface area contributed by atoms with Gasteiger partial charge in [-0.15, -0.1) is 0 Å². The van der Waals surface area contributed by atoms with Crippen molar-refractivity contribution in [2.75, 3.05) is 31.2 Å². The Morgan fingerprint density at radius 2 is 1.88 bits per heavy atom. The Balaban J connectivity index is 1.57. The molecule has 2 N–H and O–H groups in total. The van der Waals surface area contributed by atoms with Gasteiger partial charge < -0.3 is 19.7 Å². The Bertz CT molecular complexity index is 912. The quantitative estimate of drug-likeness (QED) is 0.695. The summed E-state index contributed by atoms with van der Waals surface area (Å²) in [7, 11) is 0. The first kappa shape index (κ1) is 16.0. The summed E-state index contributed by atoms with van der Waals surface area (Å²) < 4.78 is 5.38. The molecule has 0 radical (unpaired) electrons. The van der Waals surface area contributed by atoms with Crippen LogP contribution in [0.25, 0.3) is 10.9 Å². The standard InChI is InChI=1S/C19H18ClN3O2/c20-13-1-6-18-16(11-13)17(19(24)22-18)12-21-14-2-4-15(5-3-14)23-7-9-25-10-8-23/h1-6,11-12,22,24H,7-10H2. The zero-order valence-corrected chi connectivity index (χ0v) is 14.3. The summed E-state index contributed by atoms with van der Waals surface area (Å²) in [4.78, 5) is 9.71. The van der Waals surface area contributed by atoms with Gasteiger partial charge in [0.15, 0.2) is 5.88 Å². The number of ether oxygens (including phenoxy) is 1. The Labute approximate surface area is 150 Å². The molecule has 0 spiro atoms. The molecule has 4 rings (SSSR count). The summed E-state index contributed by atoms with van der Waals surface area (Å²) in [5.41, 5.74) is 3.46. The second-order valence-corrected chi connectivity index (χ2v) is 6.39. The number of rotatable bonds is 3. The van der Waals surface area contributed by atoms with Crippen molar-refractivity contribution in [3.63, 3.8) is 0 Å². The van der Waals surface area contributed by atoms with Gasteiger partial charge >= 0.3 is 0 Å². The topological polar surface area (TPSA) is 60.8 Å². The summed E-state index contributed by atoms with van der Waals surface area (Å²) in [5, 5.41) is 11.6. The van der Waals surface area contributed by atoms with Gasteiger partial charge in [0.05, 0.1) is 24.5 Å². The molecule has 0 bridgehead atoms. The van der Waals surface area contributed by atoms with E-state index in [2.05, 4.69) is 27.0 Å². The number of aromatic nitrogens is 1. The zero-order chi connectivity index (χ0) is 17.2. The van der Waals surface area contributed by atoms with Gasteiger partial charge in [-0.2, -0.15) is 0 Å². The maximum Gasteiger partial charge on any atom is 0.198 e. The van der Waals surface area contributed by atoms with Crippen LogP contribution in [0, 0.1) is 0 Å². The number of nitrogens with zero attached hydrogens (tertiary/aromatic N) is 2. The van der Waals surface area contributed by atoms with Crippen LogP contribution in [0.5, 0.6) is 5.88 Å².